The molecule has 2 aromatic heterocycles. The Labute approximate surface area is 185 Å². The van der Waals surface area contributed by atoms with Crippen molar-refractivity contribution in [3.8, 4) is 0 Å². The summed E-state index contributed by atoms with van der Waals surface area (Å²) in [5.41, 5.74) is 3.64. The van der Waals surface area contributed by atoms with Crippen molar-refractivity contribution < 1.29 is 14.3 Å². The number of benzene rings is 2. The molecule has 1 N–H and O–H groups in total. The van der Waals surface area contributed by atoms with Crippen LogP contribution in [0.3, 0.4) is 0 Å². The van der Waals surface area contributed by atoms with Gasteiger partial charge in [-0.1, -0.05) is 42.5 Å². The molecule has 4 rings (SSSR count). The summed E-state index contributed by atoms with van der Waals surface area (Å²) in [7, 11) is 0. The quantitative estimate of drug-likeness (QED) is 0.362. The highest BCUT2D eigenvalue weighted by Crippen LogP contribution is 2.27. The van der Waals surface area contributed by atoms with E-state index in [1.165, 1.54) is 12.1 Å². The van der Waals surface area contributed by atoms with Gasteiger partial charge in [-0.05, 0) is 53.6 Å². The Hall–Kier alpha value is -2.96. The first kappa shape index (κ1) is 21.3. The van der Waals surface area contributed by atoms with Crippen LogP contribution in [0.1, 0.15) is 34.5 Å². The van der Waals surface area contributed by atoms with Gasteiger partial charge in [-0.2, -0.15) is 0 Å². The van der Waals surface area contributed by atoms with Crippen molar-refractivity contribution in [1.29, 1.82) is 0 Å². The summed E-state index contributed by atoms with van der Waals surface area (Å²) in [6.45, 7) is 1.70. The lowest BCUT2D eigenvalue weighted by atomic mass is 10.2. The number of carbonyl (C=O) groups excluding carboxylic acids is 1. The van der Waals surface area contributed by atoms with E-state index < -0.39 is 0 Å². The highest BCUT2D eigenvalue weighted by molar-refractivity contribution is 7.17. The Morgan fingerprint density at radius 2 is 1.77 bits per heavy atom. The van der Waals surface area contributed by atoms with E-state index in [1.807, 2.05) is 57.3 Å². The molecule has 0 spiro atoms. The number of hydrogen-bond donors (Lipinski definition) is 1. The molecule has 160 valence electrons. The maximum absolute atomic E-state index is 13.7. The first-order valence-corrected chi connectivity index (χ1v) is 11.3. The van der Waals surface area contributed by atoms with Crippen molar-refractivity contribution in [2.45, 2.75) is 25.9 Å². The van der Waals surface area contributed by atoms with Crippen LogP contribution in [-0.4, -0.2) is 33.6 Å². The summed E-state index contributed by atoms with van der Waals surface area (Å²) in [6.07, 6.45) is 1.40. The smallest absolute Gasteiger partial charge is 0.270 e. The minimum Gasteiger partial charge on any atom is -0.396 e. The fraction of sp³-hybridized carbons (Fsp3) is 0.240. The number of unbranched alkanes of at least 4 members (excludes halogenated alkanes) is 1. The van der Waals surface area contributed by atoms with Gasteiger partial charge in [-0.3, -0.25) is 4.79 Å². The topological polar surface area (TPSA) is 45.5 Å². The Morgan fingerprint density at radius 3 is 2.52 bits per heavy atom. The molecular weight excluding hydrogens is 411 g/mol. The van der Waals surface area contributed by atoms with Crippen LogP contribution in [0.25, 0.3) is 10.2 Å². The van der Waals surface area contributed by atoms with Crippen LogP contribution >= 0.6 is 11.3 Å². The van der Waals surface area contributed by atoms with Gasteiger partial charge in [-0.25, -0.2) is 4.39 Å². The van der Waals surface area contributed by atoms with Crippen molar-refractivity contribution >= 4 is 27.5 Å². The van der Waals surface area contributed by atoms with Gasteiger partial charge in [0.15, 0.2) is 0 Å². The van der Waals surface area contributed by atoms with E-state index in [4.69, 9.17) is 0 Å². The number of rotatable bonds is 9. The fourth-order valence-electron chi connectivity index (χ4n) is 3.73. The minimum atomic E-state index is -0.272. The molecule has 0 atom stereocenters. The van der Waals surface area contributed by atoms with Gasteiger partial charge in [0.2, 0.25) is 0 Å². The SMILES string of the molecule is O=C(c1cc2sccc2n1Cc1ccc(F)cc1)N(CCCCO)Cc1ccccc1. The maximum atomic E-state index is 13.7. The van der Waals surface area contributed by atoms with Crippen molar-refractivity contribution in [2.75, 3.05) is 13.2 Å². The molecule has 0 radical (unpaired) electrons. The molecule has 0 aliphatic heterocycles. The third-order valence-corrected chi connectivity index (χ3v) is 6.19. The van der Waals surface area contributed by atoms with Gasteiger partial charge >= 0.3 is 0 Å². The zero-order chi connectivity index (χ0) is 21.6. The summed E-state index contributed by atoms with van der Waals surface area (Å²) in [5, 5.41) is 11.2. The number of aliphatic hydroxyl groups is 1. The summed E-state index contributed by atoms with van der Waals surface area (Å²) < 4.78 is 16.4. The molecule has 31 heavy (non-hydrogen) atoms. The molecule has 0 fully saturated rings. The normalized spacial score (nSPS) is 11.2. The second-order valence-corrected chi connectivity index (χ2v) is 8.50. The Bertz CT molecular complexity index is 1140. The van der Waals surface area contributed by atoms with Gasteiger partial charge in [0.1, 0.15) is 11.5 Å². The van der Waals surface area contributed by atoms with E-state index in [9.17, 15) is 14.3 Å². The van der Waals surface area contributed by atoms with Gasteiger partial charge in [0.25, 0.3) is 5.91 Å². The molecule has 0 aliphatic rings. The van der Waals surface area contributed by atoms with Crippen LogP contribution in [0.15, 0.2) is 72.1 Å². The van der Waals surface area contributed by atoms with Gasteiger partial charge < -0.3 is 14.6 Å². The summed E-state index contributed by atoms with van der Waals surface area (Å²) >= 11 is 1.61. The lowest BCUT2D eigenvalue weighted by Gasteiger charge is -2.24. The number of fused-ring (bicyclic) bond motifs is 1. The highest BCUT2D eigenvalue weighted by atomic mass is 32.1. The largest absolute Gasteiger partial charge is 0.396 e. The number of nitrogens with zero attached hydrogens (tertiary/aromatic N) is 2. The second kappa shape index (κ2) is 9.90. The average molecular weight is 437 g/mol. The zero-order valence-electron chi connectivity index (χ0n) is 17.2. The summed E-state index contributed by atoms with van der Waals surface area (Å²) in [4.78, 5) is 15.5. The first-order valence-electron chi connectivity index (χ1n) is 10.4. The molecule has 1 amide bonds. The number of thiophene rings is 1. The van der Waals surface area contributed by atoms with E-state index in [0.717, 1.165) is 27.8 Å². The van der Waals surface area contributed by atoms with Gasteiger partial charge in [0.05, 0.1) is 10.2 Å². The van der Waals surface area contributed by atoms with Crippen LogP contribution < -0.4 is 0 Å². The minimum absolute atomic E-state index is 0.0349. The van der Waals surface area contributed by atoms with Crippen molar-refractivity contribution in [3.05, 3.63) is 94.7 Å². The molecule has 4 aromatic rings. The Balaban J connectivity index is 1.66. The predicted molar refractivity (Wildman–Crippen MR) is 123 cm³/mol. The standard InChI is InChI=1S/C25H25FN2O2S/c26-21-10-8-20(9-11-21)18-28-22-12-15-31-24(22)16-23(28)25(30)27(13-4-5-14-29)17-19-6-2-1-3-7-19/h1-3,6-12,15-16,29H,4-5,13-14,17-18H2. The molecule has 4 nitrogen and oxygen atoms in total. The van der Waals surface area contributed by atoms with Gasteiger partial charge in [-0.15, -0.1) is 11.3 Å². The molecule has 6 heteroatoms. The Kier molecular flexibility index (Phi) is 6.79. The van der Waals surface area contributed by atoms with E-state index >= 15 is 0 Å². The second-order valence-electron chi connectivity index (χ2n) is 7.56. The van der Waals surface area contributed by atoms with Gasteiger partial charge in [0, 0.05) is 26.2 Å². The maximum Gasteiger partial charge on any atom is 0.270 e. The van der Waals surface area contributed by atoms with Crippen LogP contribution in [0.4, 0.5) is 4.39 Å². The van der Waals surface area contributed by atoms with E-state index in [0.29, 0.717) is 31.7 Å². The van der Waals surface area contributed by atoms with Crippen LogP contribution in [-0.2, 0) is 13.1 Å². The van der Waals surface area contributed by atoms with Crippen molar-refractivity contribution in [3.63, 3.8) is 0 Å². The molecule has 0 saturated carbocycles. The molecular formula is C25H25FN2O2S. The van der Waals surface area contributed by atoms with Crippen LogP contribution in [0, 0.1) is 5.82 Å². The molecule has 2 aromatic carbocycles. The van der Waals surface area contributed by atoms with Crippen molar-refractivity contribution in [1.82, 2.24) is 9.47 Å². The van der Waals surface area contributed by atoms with E-state index in [2.05, 4.69) is 0 Å². The van der Waals surface area contributed by atoms with E-state index in [-0.39, 0.29) is 18.3 Å². The third kappa shape index (κ3) is 5.03. The molecule has 0 bridgehead atoms. The lowest BCUT2D eigenvalue weighted by molar-refractivity contribution is 0.0727. The van der Waals surface area contributed by atoms with Crippen molar-refractivity contribution in [2.24, 2.45) is 0 Å². The van der Waals surface area contributed by atoms with Crippen LogP contribution in [0.2, 0.25) is 0 Å². The van der Waals surface area contributed by atoms with E-state index in [1.54, 1.807) is 23.5 Å². The monoisotopic (exact) mass is 436 g/mol. The third-order valence-electron chi connectivity index (χ3n) is 5.34. The fourth-order valence-corrected chi connectivity index (χ4v) is 4.55. The first-order chi connectivity index (χ1) is 15.2. The Morgan fingerprint density at radius 1 is 1.00 bits per heavy atom. The number of halogens is 1. The number of carbonyl (C=O) groups is 1. The molecule has 0 saturated heterocycles. The summed E-state index contributed by atoms with van der Waals surface area (Å²) in [6, 6.07) is 20.3. The molecule has 0 aliphatic carbocycles. The lowest BCUT2D eigenvalue weighted by Crippen LogP contribution is -2.33. The molecule has 2 heterocycles. The average Bonchev–Trinajstić information content (AvgIpc) is 3.37. The van der Waals surface area contributed by atoms with Crippen LogP contribution in [0.5, 0.6) is 0 Å². The number of amides is 1. The zero-order valence-corrected chi connectivity index (χ0v) is 18.0. The highest BCUT2D eigenvalue weighted by Gasteiger charge is 2.22. The summed E-state index contributed by atoms with van der Waals surface area (Å²) in [5.74, 6) is -0.307. The molecule has 0 unspecified atom stereocenters. The number of aliphatic hydroxyl groups excluding tert-OH is 1. The number of aromatic nitrogens is 1. The predicted octanol–water partition coefficient (Wildman–Crippen LogP) is 5.31. The number of hydrogen-bond acceptors (Lipinski definition) is 3.